The van der Waals surface area contributed by atoms with E-state index in [-0.39, 0.29) is 12.2 Å². The van der Waals surface area contributed by atoms with Crippen molar-refractivity contribution in [3.8, 4) is 0 Å². The van der Waals surface area contributed by atoms with Gasteiger partial charge in [0.15, 0.2) is 6.29 Å². The fourth-order valence-electron chi connectivity index (χ4n) is 2.41. The van der Waals surface area contributed by atoms with E-state index >= 15 is 0 Å². The first-order valence-electron chi connectivity index (χ1n) is 7.60. The molecule has 0 saturated carbocycles. The Labute approximate surface area is 127 Å². The van der Waals surface area contributed by atoms with Crippen LogP contribution in [0.1, 0.15) is 46.5 Å². The van der Waals surface area contributed by atoms with Gasteiger partial charge in [-0.1, -0.05) is 36.0 Å². The number of aliphatic hydroxyl groups excluding tert-OH is 1. The van der Waals surface area contributed by atoms with Crippen molar-refractivity contribution in [3.05, 3.63) is 47.1 Å². The van der Waals surface area contributed by atoms with E-state index in [1.54, 1.807) is 6.92 Å². The minimum absolute atomic E-state index is 0.0266. The highest BCUT2D eigenvalue weighted by Crippen LogP contribution is 2.26. The van der Waals surface area contributed by atoms with Crippen LogP contribution in [-0.2, 0) is 9.53 Å². The number of carbonyl (C=O) groups excluding carboxylic acids is 1. The summed E-state index contributed by atoms with van der Waals surface area (Å²) in [7, 11) is 0. The summed E-state index contributed by atoms with van der Waals surface area (Å²) in [6, 6.07) is 0. The van der Waals surface area contributed by atoms with E-state index in [9.17, 15) is 9.90 Å². The van der Waals surface area contributed by atoms with E-state index in [1.165, 1.54) is 11.1 Å². The highest BCUT2D eigenvalue weighted by Gasteiger charge is 2.15. The van der Waals surface area contributed by atoms with Gasteiger partial charge in [-0.3, -0.25) is 4.79 Å². The number of Topliss-reactive ketones (excluding diaryl/α,β-unsaturated/α-hetero) is 1. The molecule has 21 heavy (non-hydrogen) atoms. The molecular weight excluding hydrogens is 264 g/mol. The molecule has 1 aliphatic rings. The molecule has 0 heterocycles. The quantitative estimate of drug-likeness (QED) is 0.545. The van der Waals surface area contributed by atoms with Gasteiger partial charge in [-0.2, -0.15) is 0 Å². The second-order valence-corrected chi connectivity index (χ2v) is 5.09. The highest BCUT2D eigenvalue weighted by molar-refractivity contribution is 5.81. The first kappa shape index (κ1) is 17.6. The fraction of sp³-hybridized carbons (Fsp3) is 0.500. The number of hydrogen-bond acceptors (Lipinski definition) is 3. The Hall–Kier alpha value is -1.45. The van der Waals surface area contributed by atoms with Crippen molar-refractivity contribution in [1.82, 2.24) is 0 Å². The van der Waals surface area contributed by atoms with Crippen LogP contribution in [0.4, 0.5) is 0 Å². The largest absolute Gasteiger partial charge is 0.368 e. The molecular formula is C18H26O3. The molecule has 0 bridgehead atoms. The summed E-state index contributed by atoms with van der Waals surface area (Å²) in [5.74, 6) is 0.0266. The SMILES string of the molecule is C/C=C\C(=C/C)C1=CC=C(CC(=O)CC(O)OCC)CC1. The maximum atomic E-state index is 11.8. The normalized spacial score (nSPS) is 17.6. The molecule has 0 aromatic rings. The summed E-state index contributed by atoms with van der Waals surface area (Å²) >= 11 is 0. The second kappa shape index (κ2) is 9.48. The van der Waals surface area contributed by atoms with Gasteiger partial charge in [-0.25, -0.2) is 0 Å². The molecule has 0 aromatic heterocycles. The van der Waals surface area contributed by atoms with Crippen LogP contribution in [0.15, 0.2) is 47.1 Å². The Kier molecular flexibility index (Phi) is 7.95. The molecule has 0 radical (unpaired) electrons. The first-order valence-corrected chi connectivity index (χ1v) is 7.60. The van der Waals surface area contributed by atoms with Crippen molar-refractivity contribution in [1.29, 1.82) is 0 Å². The molecule has 0 aliphatic heterocycles. The number of aliphatic hydroxyl groups is 1. The lowest BCUT2D eigenvalue weighted by Gasteiger charge is -2.16. The average Bonchev–Trinajstić information content (AvgIpc) is 2.45. The number of allylic oxidation sites excluding steroid dienone is 8. The third kappa shape index (κ3) is 6.23. The molecule has 1 rings (SSSR count). The monoisotopic (exact) mass is 290 g/mol. The minimum atomic E-state index is -0.970. The zero-order valence-electron chi connectivity index (χ0n) is 13.3. The van der Waals surface area contributed by atoms with Crippen LogP contribution >= 0.6 is 0 Å². The molecule has 1 N–H and O–H groups in total. The van der Waals surface area contributed by atoms with Crippen molar-refractivity contribution in [3.63, 3.8) is 0 Å². The maximum Gasteiger partial charge on any atom is 0.161 e. The van der Waals surface area contributed by atoms with Gasteiger partial charge in [-0.15, -0.1) is 0 Å². The molecule has 1 aliphatic carbocycles. The fourth-order valence-corrected chi connectivity index (χ4v) is 2.41. The number of ketones is 1. The Morgan fingerprint density at radius 1 is 1.38 bits per heavy atom. The van der Waals surface area contributed by atoms with Crippen LogP contribution in [0.2, 0.25) is 0 Å². The van der Waals surface area contributed by atoms with Crippen LogP contribution in [0, 0.1) is 0 Å². The molecule has 0 aromatic carbocycles. The first-order chi connectivity index (χ1) is 10.1. The summed E-state index contributed by atoms with van der Waals surface area (Å²) in [6.07, 6.45) is 11.7. The van der Waals surface area contributed by atoms with Crippen molar-refractivity contribution >= 4 is 5.78 Å². The Balaban J connectivity index is 2.58. The number of ether oxygens (including phenoxy) is 1. The third-order valence-corrected chi connectivity index (χ3v) is 3.45. The van der Waals surface area contributed by atoms with Crippen LogP contribution in [-0.4, -0.2) is 23.8 Å². The Bertz CT molecular complexity index is 467. The molecule has 1 atom stereocenters. The zero-order chi connectivity index (χ0) is 15.7. The van der Waals surface area contributed by atoms with E-state index in [0.29, 0.717) is 13.0 Å². The maximum absolute atomic E-state index is 11.8. The topological polar surface area (TPSA) is 46.5 Å². The second-order valence-electron chi connectivity index (χ2n) is 5.09. The van der Waals surface area contributed by atoms with Gasteiger partial charge in [0.1, 0.15) is 5.78 Å². The third-order valence-electron chi connectivity index (χ3n) is 3.45. The summed E-state index contributed by atoms with van der Waals surface area (Å²) in [5.41, 5.74) is 3.68. The molecule has 3 heteroatoms. The molecule has 0 spiro atoms. The van der Waals surface area contributed by atoms with Gasteiger partial charge < -0.3 is 9.84 Å². The van der Waals surface area contributed by atoms with E-state index in [4.69, 9.17) is 4.74 Å². The van der Waals surface area contributed by atoms with Crippen LogP contribution in [0.3, 0.4) is 0 Å². The van der Waals surface area contributed by atoms with E-state index in [0.717, 1.165) is 18.4 Å². The van der Waals surface area contributed by atoms with E-state index < -0.39 is 6.29 Å². The van der Waals surface area contributed by atoms with Crippen LogP contribution < -0.4 is 0 Å². The lowest BCUT2D eigenvalue weighted by atomic mass is 9.90. The lowest BCUT2D eigenvalue weighted by Crippen LogP contribution is -2.17. The smallest absolute Gasteiger partial charge is 0.161 e. The van der Waals surface area contributed by atoms with Crippen molar-refractivity contribution in [2.45, 2.75) is 52.7 Å². The minimum Gasteiger partial charge on any atom is -0.368 e. The molecule has 0 saturated heterocycles. The van der Waals surface area contributed by atoms with Crippen molar-refractivity contribution < 1.29 is 14.6 Å². The van der Waals surface area contributed by atoms with Gasteiger partial charge in [0, 0.05) is 13.0 Å². The number of rotatable bonds is 8. The van der Waals surface area contributed by atoms with Gasteiger partial charge in [0.05, 0.1) is 6.42 Å². The standard InChI is InChI=1S/C18H26O3/c1-4-7-15(5-2)16-10-8-14(9-11-16)12-17(19)13-18(20)21-6-3/h4-5,7-8,10,18,20H,6,9,11-13H2,1-3H3/b7-4-,15-5+. The van der Waals surface area contributed by atoms with Crippen molar-refractivity contribution in [2.24, 2.45) is 0 Å². The predicted octanol–water partition coefficient (Wildman–Crippen LogP) is 3.86. The molecule has 116 valence electrons. The summed E-state index contributed by atoms with van der Waals surface area (Å²) < 4.78 is 4.98. The lowest BCUT2D eigenvalue weighted by molar-refractivity contribution is -0.134. The van der Waals surface area contributed by atoms with Crippen LogP contribution in [0.5, 0.6) is 0 Å². The Morgan fingerprint density at radius 3 is 2.67 bits per heavy atom. The van der Waals surface area contributed by atoms with Gasteiger partial charge in [0.2, 0.25) is 0 Å². The molecule has 0 fully saturated rings. The highest BCUT2D eigenvalue weighted by atomic mass is 16.6. The van der Waals surface area contributed by atoms with Crippen LogP contribution in [0.25, 0.3) is 0 Å². The van der Waals surface area contributed by atoms with E-state index in [2.05, 4.69) is 18.2 Å². The summed E-state index contributed by atoms with van der Waals surface area (Å²) in [5, 5.41) is 9.47. The summed E-state index contributed by atoms with van der Waals surface area (Å²) in [4.78, 5) is 11.8. The molecule has 1 unspecified atom stereocenters. The van der Waals surface area contributed by atoms with Gasteiger partial charge >= 0.3 is 0 Å². The van der Waals surface area contributed by atoms with Gasteiger partial charge in [0.25, 0.3) is 0 Å². The molecule has 3 nitrogen and oxygen atoms in total. The molecule has 0 amide bonds. The van der Waals surface area contributed by atoms with Crippen molar-refractivity contribution in [2.75, 3.05) is 6.61 Å². The Morgan fingerprint density at radius 2 is 2.14 bits per heavy atom. The number of carbonyl (C=O) groups is 1. The van der Waals surface area contributed by atoms with E-state index in [1.807, 2.05) is 26.0 Å². The number of hydrogen-bond donors (Lipinski definition) is 1. The predicted molar refractivity (Wildman–Crippen MR) is 85.8 cm³/mol. The average molecular weight is 290 g/mol. The summed E-state index contributed by atoms with van der Waals surface area (Å²) in [6.45, 7) is 6.26. The zero-order valence-corrected chi connectivity index (χ0v) is 13.3. The van der Waals surface area contributed by atoms with Gasteiger partial charge in [-0.05, 0) is 44.8 Å².